The van der Waals surface area contributed by atoms with Crippen LogP contribution >= 0.6 is 15.9 Å². The third-order valence-corrected chi connectivity index (χ3v) is 6.29. The van der Waals surface area contributed by atoms with Crippen molar-refractivity contribution in [1.82, 2.24) is 4.31 Å². The molecule has 7 heteroatoms. The second-order valence-electron chi connectivity index (χ2n) is 5.21. The van der Waals surface area contributed by atoms with Crippen molar-refractivity contribution in [3.05, 3.63) is 22.2 Å². The van der Waals surface area contributed by atoms with Crippen LogP contribution in [0.5, 0.6) is 0 Å². The largest absolute Gasteiger partial charge is 0.398 e. The summed E-state index contributed by atoms with van der Waals surface area (Å²) in [6.07, 6.45) is 1.89. The fourth-order valence-electron chi connectivity index (χ4n) is 2.49. The highest BCUT2D eigenvalue weighted by Crippen LogP contribution is 2.29. The fourth-order valence-corrected chi connectivity index (χ4v) is 4.88. The number of hydrogen-bond acceptors (Lipinski definition) is 4. The van der Waals surface area contributed by atoms with Crippen molar-refractivity contribution in [2.45, 2.75) is 37.7 Å². The van der Waals surface area contributed by atoms with E-state index in [4.69, 9.17) is 10.5 Å². The van der Waals surface area contributed by atoms with E-state index >= 15 is 0 Å². The third kappa shape index (κ3) is 3.59. The van der Waals surface area contributed by atoms with Crippen LogP contribution in [0.3, 0.4) is 0 Å². The summed E-state index contributed by atoms with van der Waals surface area (Å²) >= 11 is 3.31. The first-order chi connectivity index (χ1) is 9.86. The van der Waals surface area contributed by atoms with Crippen LogP contribution in [0, 0.1) is 6.92 Å². The van der Waals surface area contributed by atoms with Crippen LogP contribution in [-0.2, 0) is 14.8 Å². The molecule has 2 rings (SSSR count). The van der Waals surface area contributed by atoms with Crippen molar-refractivity contribution in [2.75, 3.05) is 25.4 Å². The summed E-state index contributed by atoms with van der Waals surface area (Å²) in [5.41, 5.74) is 6.94. The standard InChI is InChI=1S/C14H21BrN2O3S/c1-3-17(9-12-5-4-6-20-12)21(18,19)14-8-11(15)7-13(16)10(14)2/h7-8,12H,3-6,9,16H2,1-2H3. The van der Waals surface area contributed by atoms with Crippen LogP contribution in [-0.4, -0.2) is 38.5 Å². The molecule has 0 aromatic heterocycles. The van der Waals surface area contributed by atoms with Gasteiger partial charge in [-0.05, 0) is 37.5 Å². The van der Waals surface area contributed by atoms with Crippen molar-refractivity contribution >= 4 is 31.6 Å². The van der Waals surface area contributed by atoms with Crippen molar-refractivity contribution in [2.24, 2.45) is 0 Å². The summed E-state index contributed by atoms with van der Waals surface area (Å²) in [5.74, 6) is 0. The molecule has 2 N–H and O–H groups in total. The van der Waals surface area contributed by atoms with Crippen LogP contribution in [0.2, 0.25) is 0 Å². The van der Waals surface area contributed by atoms with Crippen LogP contribution in [0.25, 0.3) is 0 Å². The Morgan fingerprint density at radius 3 is 2.76 bits per heavy atom. The summed E-state index contributed by atoms with van der Waals surface area (Å²) in [5, 5.41) is 0. The second-order valence-corrected chi connectivity index (χ2v) is 8.03. The Bertz CT molecular complexity index is 613. The molecule has 1 aromatic carbocycles. The molecule has 1 fully saturated rings. The van der Waals surface area contributed by atoms with E-state index < -0.39 is 10.0 Å². The molecule has 0 aliphatic carbocycles. The Hall–Kier alpha value is -0.630. The second kappa shape index (κ2) is 6.64. The Morgan fingerprint density at radius 1 is 1.48 bits per heavy atom. The SMILES string of the molecule is CCN(CC1CCCO1)S(=O)(=O)c1cc(Br)cc(N)c1C. The molecule has 21 heavy (non-hydrogen) atoms. The van der Waals surface area contributed by atoms with Crippen molar-refractivity contribution < 1.29 is 13.2 Å². The molecule has 1 aliphatic rings. The van der Waals surface area contributed by atoms with Gasteiger partial charge in [-0.2, -0.15) is 4.31 Å². The number of hydrogen-bond donors (Lipinski definition) is 1. The summed E-state index contributed by atoms with van der Waals surface area (Å²) in [6, 6.07) is 3.32. The molecule has 0 bridgehead atoms. The number of ether oxygens (including phenoxy) is 1. The first-order valence-corrected chi connectivity index (χ1v) is 9.27. The number of nitrogens with two attached hydrogens (primary N) is 1. The van der Waals surface area contributed by atoms with Gasteiger partial charge in [-0.3, -0.25) is 0 Å². The number of likely N-dealkylation sites (N-methyl/N-ethyl adjacent to an activating group) is 1. The average Bonchev–Trinajstić information content (AvgIpc) is 2.92. The molecule has 5 nitrogen and oxygen atoms in total. The Morgan fingerprint density at radius 2 is 2.19 bits per heavy atom. The molecule has 1 unspecified atom stereocenters. The van der Waals surface area contributed by atoms with Crippen molar-refractivity contribution in [1.29, 1.82) is 0 Å². The van der Waals surface area contributed by atoms with Gasteiger partial charge in [-0.1, -0.05) is 22.9 Å². The van der Waals surface area contributed by atoms with E-state index in [1.165, 1.54) is 4.31 Å². The van der Waals surface area contributed by atoms with Gasteiger partial charge in [0.15, 0.2) is 0 Å². The number of nitrogen functional groups attached to an aromatic ring is 1. The molecule has 1 aliphatic heterocycles. The molecule has 1 saturated heterocycles. The maximum atomic E-state index is 12.9. The van der Waals surface area contributed by atoms with E-state index in [9.17, 15) is 8.42 Å². The van der Waals surface area contributed by atoms with Gasteiger partial charge in [-0.15, -0.1) is 0 Å². The summed E-state index contributed by atoms with van der Waals surface area (Å²) < 4.78 is 33.4. The minimum absolute atomic E-state index is 0.00969. The van der Waals surface area contributed by atoms with Gasteiger partial charge >= 0.3 is 0 Å². The highest BCUT2D eigenvalue weighted by Gasteiger charge is 2.29. The lowest BCUT2D eigenvalue weighted by molar-refractivity contribution is 0.0946. The highest BCUT2D eigenvalue weighted by atomic mass is 79.9. The first kappa shape index (κ1) is 16.7. The van der Waals surface area contributed by atoms with E-state index in [-0.39, 0.29) is 11.0 Å². The van der Waals surface area contributed by atoms with Gasteiger partial charge < -0.3 is 10.5 Å². The van der Waals surface area contributed by atoms with Gasteiger partial charge in [0.05, 0.1) is 11.0 Å². The van der Waals surface area contributed by atoms with Crippen LogP contribution < -0.4 is 5.73 Å². The number of sulfonamides is 1. The van der Waals surface area contributed by atoms with E-state index in [0.717, 1.165) is 12.8 Å². The summed E-state index contributed by atoms with van der Waals surface area (Å²) in [4.78, 5) is 0.259. The fraction of sp³-hybridized carbons (Fsp3) is 0.571. The number of halogens is 1. The van der Waals surface area contributed by atoms with Crippen LogP contribution in [0.1, 0.15) is 25.3 Å². The Labute approximate surface area is 134 Å². The molecule has 1 atom stereocenters. The van der Waals surface area contributed by atoms with Gasteiger partial charge in [0.2, 0.25) is 10.0 Å². The Kier molecular flexibility index (Phi) is 5.29. The zero-order valence-corrected chi connectivity index (χ0v) is 14.7. The molecule has 0 saturated carbocycles. The predicted octanol–water partition coefficient (Wildman–Crippen LogP) is 2.53. The molecular formula is C14H21BrN2O3S. The predicted molar refractivity (Wildman–Crippen MR) is 86.7 cm³/mol. The maximum absolute atomic E-state index is 12.9. The van der Waals surface area contributed by atoms with Gasteiger partial charge in [0, 0.05) is 29.9 Å². The molecular weight excluding hydrogens is 356 g/mol. The zero-order chi connectivity index (χ0) is 15.6. The molecule has 0 spiro atoms. The average molecular weight is 377 g/mol. The van der Waals surface area contributed by atoms with Crippen molar-refractivity contribution in [3.8, 4) is 0 Å². The molecule has 1 aromatic rings. The van der Waals surface area contributed by atoms with Crippen LogP contribution in [0.15, 0.2) is 21.5 Å². The van der Waals surface area contributed by atoms with Crippen molar-refractivity contribution in [3.63, 3.8) is 0 Å². The normalized spacial score (nSPS) is 19.3. The summed E-state index contributed by atoms with van der Waals surface area (Å²) in [6.45, 7) is 5.08. The van der Waals surface area contributed by atoms with Gasteiger partial charge in [0.25, 0.3) is 0 Å². The quantitative estimate of drug-likeness (QED) is 0.801. The molecule has 1 heterocycles. The molecule has 0 amide bonds. The zero-order valence-electron chi connectivity index (χ0n) is 12.3. The topological polar surface area (TPSA) is 72.6 Å². The van der Waals surface area contributed by atoms with E-state index in [0.29, 0.717) is 35.4 Å². The minimum atomic E-state index is -3.57. The molecule has 0 radical (unpaired) electrons. The van der Waals surface area contributed by atoms with E-state index in [2.05, 4.69) is 15.9 Å². The minimum Gasteiger partial charge on any atom is -0.398 e. The number of benzene rings is 1. The highest BCUT2D eigenvalue weighted by molar-refractivity contribution is 9.10. The lowest BCUT2D eigenvalue weighted by Crippen LogP contribution is -2.37. The lowest BCUT2D eigenvalue weighted by atomic mass is 10.2. The van der Waals surface area contributed by atoms with Gasteiger partial charge in [-0.25, -0.2) is 8.42 Å². The monoisotopic (exact) mass is 376 g/mol. The van der Waals surface area contributed by atoms with Gasteiger partial charge in [0.1, 0.15) is 0 Å². The van der Waals surface area contributed by atoms with E-state index in [1.807, 2.05) is 6.92 Å². The summed E-state index contributed by atoms with van der Waals surface area (Å²) in [7, 11) is -3.57. The maximum Gasteiger partial charge on any atom is 0.243 e. The lowest BCUT2D eigenvalue weighted by Gasteiger charge is -2.24. The van der Waals surface area contributed by atoms with E-state index in [1.54, 1.807) is 19.1 Å². The first-order valence-electron chi connectivity index (χ1n) is 7.03. The molecule has 118 valence electrons. The number of anilines is 1. The Balaban J connectivity index is 2.34. The smallest absolute Gasteiger partial charge is 0.243 e. The van der Waals surface area contributed by atoms with Crippen LogP contribution in [0.4, 0.5) is 5.69 Å². The number of rotatable bonds is 5. The third-order valence-electron chi connectivity index (χ3n) is 3.77. The number of nitrogens with zero attached hydrogens (tertiary/aromatic N) is 1.